The van der Waals surface area contributed by atoms with Crippen molar-refractivity contribution in [2.24, 2.45) is 0 Å². The number of imidazole rings is 1. The Morgan fingerprint density at radius 1 is 1.27 bits per heavy atom. The van der Waals surface area contributed by atoms with Crippen molar-refractivity contribution in [1.82, 2.24) is 9.55 Å². The van der Waals surface area contributed by atoms with Gasteiger partial charge in [0.1, 0.15) is 24.1 Å². The quantitative estimate of drug-likeness (QED) is 0.921. The first kappa shape index (κ1) is 14.2. The van der Waals surface area contributed by atoms with Crippen LogP contribution in [0.3, 0.4) is 0 Å². The van der Waals surface area contributed by atoms with Gasteiger partial charge < -0.3 is 19.1 Å². The molecule has 0 amide bonds. The Labute approximate surface area is 133 Å². The zero-order valence-electron chi connectivity index (χ0n) is 12.1. The molecule has 2 aliphatic rings. The van der Waals surface area contributed by atoms with Crippen LogP contribution in [-0.4, -0.2) is 46.2 Å². The minimum atomic E-state index is -0.551. The highest BCUT2D eigenvalue weighted by atomic mass is 35.5. The van der Waals surface area contributed by atoms with Gasteiger partial charge in [0.05, 0.1) is 24.3 Å². The van der Waals surface area contributed by atoms with Crippen molar-refractivity contribution in [3.63, 3.8) is 0 Å². The van der Waals surface area contributed by atoms with E-state index in [-0.39, 0.29) is 18.2 Å². The van der Waals surface area contributed by atoms with E-state index in [1.54, 1.807) is 6.20 Å². The Hall–Kier alpha value is -1.40. The van der Waals surface area contributed by atoms with E-state index in [2.05, 4.69) is 4.98 Å². The summed E-state index contributed by atoms with van der Waals surface area (Å²) < 4.78 is 13.5. The van der Waals surface area contributed by atoms with Crippen LogP contribution in [0.5, 0.6) is 0 Å². The van der Waals surface area contributed by atoms with Gasteiger partial charge in [-0.3, -0.25) is 0 Å². The van der Waals surface area contributed by atoms with Gasteiger partial charge in [-0.05, 0) is 24.6 Å². The van der Waals surface area contributed by atoms with E-state index in [9.17, 15) is 5.11 Å². The molecule has 5 nitrogen and oxygen atoms in total. The van der Waals surface area contributed by atoms with Crippen LogP contribution in [0.1, 0.15) is 11.6 Å². The number of aliphatic hydroxyl groups excluding tert-OH is 1. The van der Waals surface area contributed by atoms with Crippen molar-refractivity contribution < 1.29 is 14.6 Å². The van der Waals surface area contributed by atoms with Gasteiger partial charge >= 0.3 is 0 Å². The van der Waals surface area contributed by atoms with E-state index in [4.69, 9.17) is 21.1 Å². The zero-order valence-corrected chi connectivity index (χ0v) is 12.9. The van der Waals surface area contributed by atoms with Gasteiger partial charge in [-0.25, -0.2) is 4.98 Å². The van der Waals surface area contributed by atoms with Crippen molar-refractivity contribution in [2.45, 2.75) is 31.3 Å². The highest BCUT2D eigenvalue weighted by molar-refractivity contribution is 6.33. The number of aromatic nitrogens is 2. The van der Waals surface area contributed by atoms with E-state index in [0.29, 0.717) is 18.2 Å². The number of rotatable bonds is 2. The number of hydrogen-bond donors (Lipinski definition) is 1. The van der Waals surface area contributed by atoms with Crippen LogP contribution in [0, 0.1) is 6.92 Å². The Balaban J connectivity index is 1.72. The van der Waals surface area contributed by atoms with Crippen LogP contribution in [-0.2, 0) is 9.47 Å². The Bertz CT molecular complexity index is 702. The maximum atomic E-state index is 9.88. The van der Waals surface area contributed by atoms with Crippen LogP contribution >= 0.6 is 11.6 Å². The molecule has 6 heteroatoms. The lowest BCUT2D eigenvalue weighted by atomic mass is 10.1. The van der Waals surface area contributed by atoms with Crippen molar-refractivity contribution in [3.05, 3.63) is 41.2 Å². The SMILES string of the molecule is Cc1ccc(-c2nccn2[C@@H]2CO[C@H]3[C@@H]2OC[C@H]3O)c(Cl)c1. The van der Waals surface area contributed by atoms with Crippen molar-refractivity contribution in [3.8, 4) is 11.4 Å². The first-order valence-corrected chi connectivity index (χ1v) is 7.73. The largest absolute Gasteiger partial charge is 0.388 e. The Morgan fingerprint density at radius 2 is 2.09 bits per heavy atom. The first-order valence-electron chi connectivity index (χ1n) is 7.36. The molecule has 2 fully saturated rings. The smallest absolute Gasteiger partial charge is 0.141 e. The lowest BCUT2D eigenvalue weighted by Crippen LogP contribution is -2.30. The fraction of sp³-hybridized carbons (Fsp3) is 0.438. The van der Waals surface area contributed by atoms with Gasteiger partial charge in [-0.1, -0.05) is 17.7 Å². The average molecular weight is 321 g/mol. The molecule has 0 saturated carbocycles. The molecule has 0 aliphatic carbocycles. The molecule has 3 heterocycles. The van der Waals surface area contributed by atoms with Gasteiger partial charge in [-0.15, -0.1) is 0 Å². The van der Waals surface area contributed by atoms with Gasteiger partial charge in [-0.2, -0.15) is 0 Å². The standard InChI is InChI=1S/C16H17ClN2O3/c1-9-2-3-10(11(17)6-9)16-18-4-5-19(16)12-7-21-15-13(20)8-22-14(12)15/h2-6,12-15,20H,7-8H2,1H3/t12-,13-,14-,15-/m1/s1. The molecule has 2 aliphatic heterocycles. The second-order valence-corrected chi connectivity index (χ2v) is 6.28. The number of ether oxygens (including phenoxy) is 2. The van der Waals surface area contributed by atoms with E-state index in [1.165, 1.54) is 0 Å². The fourth-order valence-electron chi connectivity index (χ4n) is 3.29. The summed E-state index contributed by atoms with van der Waals surface area (Å²) in [5, 5.41) is 10.6. The normalized spacial score (nSPS) is 30.7. The summed E-state index contributed by atoms with van der Waals surface area (Å²) in [6, 6.07) is 5.93. The molecule has 0 radical (unpaired) electrons. The maximum absolute atomic E-state index is 9.88. The van der Waals surface area contributed by atoms with Crippen molar-refractivity contribution in [1.29, 1.82) is 0 Å². The lowest BCUT2D eigenvalue weighted by molar-refractivity contribution is 0.0172. The highest BCUT2D eigenvalue weighted by Crippen LogP contribution is 2.37. The monoisotopic (exact) mass is 320 g/mol. The molecular formula is C16H17ClN2O3. The minimum absolute atomic E-state index is 0.00276. The third kappa shape index (κ3) is 2.16. The summed E-state index contributed by atoms with van der Waals surface area (Å²) in [5.41, 5.74) is 2.00. The van der Waals surface area contributed by atoms with E-state index in [1.807, 2.05) is 35.9 Å². The molecule has 0 bridgehead atoms. The summed E-state index contributed by atoms with van der Waals surface area (Å²) >= 11 is 6.38. The topological polar surface area (TPSA) is 56.5 Å². The third-order valence-electron chi connectivity index (χ3n) is 4.39. The molecule has 2 aromatic rings. The van der Waals surface area contributed by atoms with Crippen LogP contribution < -0.4 is 0 Å². The summed E-state index contributed by atoms with van der Waals surface area (Å²) in [5.74, 6) is 0.796. The predicted octanol–water partition coefficient (Wildman–Crippen LogP) is 2.21. The van der Waals surface area contributed by atoms with Crippen LogP contribution in [0.15, 0.2) is 30.6 Å². The van der Waals surface area contributed by atoms with E-state index < -0.39 is 6.10 Å². The summed E-state index contributed by atoms with van der Waals surface area (Å²) in [7, 11) is 0. The highest BCUT2D eigenvalue weighted by Gasteiger charge is 2.48. The Morgan fingerprint density at radius 3 is 2.91 bits per heavy atom. The summed E-state index contributed by atoms with van der Waals surface area (Å²) in [4.78, 5) is 4.46. The van der Waals surface area contributed by atoms with Crippen molar-refractivity contribution >= 4 is 11.6 Å². The number of aryl methyl sites for hydroxylation is 1. The van der Waals surface area contributed by atoms with Gasteiger partial charge in [0, 0.05) is 18.0 Å². The third-order valence-corrected chi connectivity index (χ3v) is 4.71. The Kier molecular flexibility index (Phi) is 3.46. The van der Waals surface area contributed by atoms with Crippen LogP contribution in [0.4, 0.5) is 0 Å². The molecule has 1 aromatic heterocycles. The molecule has 116 valence electrons. The van der Waals surface area contributed by atoms with Crippen LogP contribution in [0.2, 0.25) is 5.02 Å². The van der Waals surface area contributed by atoms with E-state index >= 15 is 0 Å². The molecule has 22 heavy (non-hydrogen) atoms. The molecule has 4 rings (SSSR count). The molecule has 1 N–H and O–H groups in total. The average Bonchev–Trinajstić information content (AvgIpc) is 3.17. The lowest BCUT2D eigenvalue weighted by Gasteiger charge is -2.20. The molecule has 1 aromatic carbocycles. The second kappa shape index (κ2) is 5.35. The maximum Gasteiger partial charge on any atom is 0.141 e. The van der Waals surface area contributed by atoms with Gasteiger partial charge in [0.2, 0.25) is 0 Å². The number of hydrogen-bond acceptors (Lipinski definition) is 4. The second-order valence-electron chi connectivity index (χ2n) is 5.87. The number of nitrogens with zero attached hydrogens (tertiary/aromatic N) is 2. The molecular weight excluding hydrogens is 304 g/mol. The number of fused-ring (bicyclic) bond motifs is 1. The summed E-state index contributed by atoms with van der Waals surface area (Å²) in [6.45, 7) is 2.83. The van der Waals surface area contributed by atoms with Gasteiger partial charge in [0.25, 0.3) is 0 Å². The number of benzene rings is 1. The number of halogens is 1. The zero-order chi connectivity index (χ0) is 15.3. The van der Waals surface area contributed by atoms with Crippen LogP contribution in [0.25, 0.3) is 11.4 Å². The molecule has 2 saturated heterocycles. The summed E-state index contributed by atoms with van der Waals surface area (Å²) in [6.07, 6.45) is 2.71. The fourth-order valence-corrected chi connectivity index (χ4v) is 3.61. The van der Waals surface area contributed by atoms with Gasteiger partial charge in [0.15, 0.2) is 0 Å². The molecule has 0 spiro atoms. The number of aliphatic hydroxyl groups is 1. The first-order chi connectivity index (χ1) is 10.6. The minimum Gasteiger partial charge on any atom is -0.388 e. The molecule has 4 atom stereocenters. The van der Waals surface area contributed by atoms with E-state index in [0.717, 1.165) is 17.0 Å². The predicted molar refractivity (Wildman–Crippen MR) is 81.9 cm³/mol. The molecule has 0 unspecified atom stereocenters. The van der Waals surface area contributed by atoms with Crippen molar-refractivity contribution in [2.75, 3.05) is 13.2 Å².